The molecule has 0 aliphatic carbocycles. The van der Waals surface area contributed by atoms with Gasteiger partial charge in [0.15, 0.2) is 0 Å². The number of methoxy groups -OCH3 is 2. The molecule has 168 valence electrons. The summed E-state index contributed by atoms with van der Waals surface area (Å²) in [6.45, 7) is 4.93. The number of ether oxygens (including phenoxy) is 5. The van der Waals surface area contributed by atoms with E-state index in [0.29, 0.717) is 17.9 Å². The number of hydrogen-bond acceptors (Lipinski definition) is 8. The summed E-state index contributed by atoms with van der Waals surface area (Å²) < 4.78 is 26.0. The molecule has 0 saturated heterocycles. The maximum atomic E-state index is 11.7. The largest absolute Gasteiger partial charge is 0.496 e. The fraction of sp³-hybridized carbons (Fsp3) is 0.550. The van der Waals surface area contributed by atoms with Crippen LogP contribution in [0, 0.1) is 0 Å². The molecule has 0 bridgehead atoms. The van der Waals surface area contributed by atoms with E-state index >= 15 is 0 Å². The number of carbonyl (C=O) groups excluding carboxylic acids is 3. The lowest BCUT2D eigenvalue weighted by molar-refractivity contribution is -0.160. The van der Waals surface area contributed by atoms with Crippen molar-refractivity contribution in [3.8, 4) is 11.5 Å². The Morgan fingerprint density at radius 2 is 1.60 bits per heavy atom. The molecule has 0 heterocycles. The van der Waals surface area contributed by atoms with Gasteiger partial charge in [0.1, 0.15) is 17.1 Å². The van der Waals surface area contributed by atoms with Crippen LogP contribution < -0.4 is 14.8 Å². The van der Waals surface area contributed by atoms with E-state index in [-0.39, 0.29) is 19.4 Å². The number of esters is 2. The number of alkyl carbamates (subject to hydrolysis) is 1. The Morgan fingerprint density at radius 1 is 0.967 bits per heavy atom. The van der Waals surface area contributed by atoms with Gasteiger partial charge in [-0.2, -0.15) is 0 Å². The van der Waals surface area contributed by atoms with Gasteiger partial charge in [-0.05, 0) is 60.8 Å². The van der Waals surface area contributed by atoms with Gasteiger partial charge in [0.05, 0.1) is 31.5 Å². The topological polar surface area (TPSA) is 109 Å². The minimum Gasteiger partial charge on any atom is -0.496 e. The molecule has 0 unspecified atom stereocenters. The van der Waals surface area contributed by atoms with Gasteiger partial charge in [0.2, 0.25) is 6.79 Å². The molecule has 0 aliphatic rings. The van der Waals surface area contributed by atoms with Crippen LogP contribution in [0.15, 0.2) is 16.6 Å². The Labute approximate surface area is 184 Å². The quantitative estimate of drug-likeness (QED) is 0.393. The van der Waals surface area contributed by atoms with Gasteiger partial charge in [-0.3, -0.25) is 9.59 Å². The summed E-state index contributed by atoms with van der Waals surface area (Å²) in [5.41, 5.74) is 0.222. The second-order valence-electron chi connectivity index (χ2n) is 7.13. The average Bonchev–Trinajstić information content (AvgIpc) is 2.65. The molecule has 0 fully saturated rings. The van der Waals surface area contributed by atoms with Crippen molar-refractivity contribution in [2.24, 2.45) is 0 Å². The molecular weight excluding hydrogens is 462 g/mol. The zero-order chi connectivity index (χ0) is 22.7. The number of benzene rings is 1. The zero-order valence-corrected chi connectivity index (χ0v) is 19.4. The molecule has 0 radical (unpaired) electrons. The van der Waals surface area contributed by atoms with Gasteiger partial charge in [-0.15, -0.1) is 0 Å². The van der Waals surface area contributed by atoms with Crippen LogP contribution in [0.1, 0.15) is 39.2 Å². The van der Waals surface area contributed by atoms with Crippen molar-refractivity contribution in [2.75, 3.05) is 27.6 Å². The predicted octanol–water partition coefficient (Wildman–Crippen LogP) is 3.36. The van der Waals surface area contributed by atoms with E-state index in [9.17, 15) is 14.4 Å². The molecule has 1 amide bonds. The van der Waals surface area contributed by atoms with Crippen LogP contribution in [0.5, 0.6) is 11.5 Å². The van der Waals surface area contributed by atoms with Gasteiger partial charge in [-0.25, -0.2) is 4.79 Å². The monoisotopic (exact) mass is 489 g/mol. The fourth-order valence-electron chi connectivity index (χ4n) is 2.29. The Kier molecular flexibility index (Phi) is 10.4. The van der Waals surface area contributed by atoms with Crippen molar-refractivity contribution >= 4 is 34.0 Å². The normalized spacial score (nSPS) is 10.7. The van der Waals surface area contributed by atoms with Gasteiger partial charge in [0.25, 0.3) is 0 Å². The second kappa shape index (κ2) is 12.3. The van der Waals surface area contributed by atoms with E-state index in [0.717, 1.165) is 10.0 Å². The number of halogens is 1. The average molecular weight is 490 g/mol. The van der Waals surface area contributed by atoms with Crippen LogP contribution in [-0.2, 0) is 30.2 Å². The number of amides is 1. The third-order valence-corrected chi connectivity index (χ3v) is 4.20. The highest BCUT2D eigenvalue weighted by Gasteiger charge is 2.17. The molecule has 1 aromatic rings. The van der Waals surface area contributed by atoms with E-state index in [1.165, 1.54) is 0 Å². The molecule has 9 nitrogen and oxygen atoms in total. The third-order valence-electron chi connectivity index (χ3n) is 3.58. The van der Waals surface area contributed by atoms with Crippen LogP contribution in [0.4, 0.5) is 4.79 Å². The Bertz CT molecular complexity index is 745. The molecule has 0 aromatic heterocycles. The molecule has 1 aromatic carbocycles. The van der Waals surface area contributed by atoms with Crippen LogP contribution in [0.3, 0.4) is 0 Å². The summed E-state index contributed by atoms with van der Waals surface area (Å²) in [7, 11) is 3.11. The van der Waals surface area contributed by atoms with Crippen molar-refractivity contribution in [3.63, 3.8) is 0 Å². The first-order chi connectivity index (χ1) is 14.1. The van der Waals surface area contributed by atoms with E-state index in [2.05, 4.69) is 21.2 Å². The van der Waals surface area contributed by atoms with Crippen molar-refractivity contribution in [1.29, 1.82) is 0 Å². The first-order valence-corrected chi connectivity index (χ1v) is 10.0. The van der Waals surface area contributed by atoms with E-state index < -0.39 is 30.4 Å². The van der Waals surface area contributed by atoms with Gasteiger partial charge >= 0.3 is 18.0 Å². The first-order valence-electron chi connectivity index (χ1n) is 9.24. The van der Waals surface area contributed by atoms with Crippen LogP contribution in [-0.4, -0.2) is 51.2 Å². The van der Waals surface area contributed by atoms with E-state index in [4.69, 9.17) is 23.7 Å². The van der Waals surface area contributed by atoms with E-state index in [1.807, 2.05) is 6.07 Å². The molecule has 0 spiro atoms. The lowest BCUT2D eigenvalue weighted by atomic mass is 10.1. The number of nitrogens with one attached hydrogen (secondary N) is 1. The maximum Gasteiger partial charge on any atom is 0.410 e. The highest BCUT2D eigenvalue weighted by atomic mass is 79.9. The summed E-state index contributed by atoms with van der Waals surface area (Å²) in [6.07, 6.45) is -0.540. The predicted molar refractivity (Wildman–Crippen MR) is 111 cm³/mol. The number of hydrogen-bond donors (Lipinski definition) is 1. The summed E-state index contributed by atoms with van der Waals surface area (Å²) >= 11 is 3.38. The van der Waals surface area contributed by atoms with Crippen molar-refractivity contribution < 1.29 is 38.1 Å². The van der Waals surface area contributed by atoms with Crippen molar-refractivity contribution in [3.05, 3.63) is 22.2 Å². The van der Waals surface area contributed by atoms with Gasteiger partial charge < -0.3 is 29.0 Å². The fourth-order valence-corrected chi connectivity index (χ4v) is 2.77. The summed E-state index contributed by atoms with van der Waals surface area (Å²) in [5, 5.41) is 2.55. The third kappa shape index (κ3) is 9.82. The van der Waals surface area contributed by atoms with Crippen molar-refractivity contribution in [2.45, 2.75) is 45.6 Å². The van der Waals surface area contributed by atoms with Gasteiger partial charge in [-0.1, -0.05) is 0 Å². The van der Waals surface area contributed by atoms with Crippen molar-refractivity contribution in [1.82, 2.24) is 5.32 Å². The molecule has 0 saturated carbocycles. The Balaban J connectivity index is 2.30. The van der Waals surface area contributed by atoms with Crippen LogP contribution in [0.2, 0.25) is 0 Å². The van der Waals surface area contributed by atoms with E-state index in [1.54, 1.807) is 41.1 Å². The SMILES string of the molecule is COc1cc(CCNC(=O)OCOC(=O)CCC(=O)OC(C)(C)C)c(OC)cc1Br. The second-order valence-corrected chi connectivity index (χ2v) is 7.98. The molecule has 10 heteroatoms. The highest BCUT2D eigenvalue weighted by Crippen LogP contribution is 2.32. The molecule has 0 aliphatic heterocycles. The van der Waals surface area contributed by atoms with Gasteiger partial charge in [0, 0.05) is 6.54 Å². The minimum absolute atomic E-state index is 0.110. The smallest absolute Gasteiger partial charge is 0.410 e. The number of carbonyl (C=O) groups is 3. The van der Waals surface area contributed by atoms with Crippen LogP contribution >= 0.6 is 15.9 Å². The lowest BCUT2D eigenvalue weighted by Crippen LogP contribution is -2.28. The summed E-state index contributed by atoms with van der Waals surface area (Å²) in [6, 6.07) is 3.59. The maximum absolute atomic E-state index is 11.7. The number of rotatable bonds is 10. The summed E-state index contributed by atoms with van der Waals surface area (Å²) in [4.78, 5) is 34.8. The zero-order valence-electron chi connectivity index (χ0n) is 17.8. The molecule has 1 rings (SSSR count). The Hall–Kier alpha value is -2.49. The standard InChI is InChI=1S/C20H28BrNO8/c1-20(2,3)30-18(24)7-6-17(23)28-12-29-19(25)22-9-8-13-10-16(27-5)14(21)11-15(13)26-4/h10-11H,6-9,12H2,1-5H3,(H,22,25). The molecule has 30 heavy (non-hydrogen) atoms. The molecular formula is C20H28BrNO8. The first kappa shape index (κ1) is 25.5. The molecule has 1 N–H and O–H groups in total. The Morgan fingerprint density at radius 3 is 2.20 bits per heavy atom. The lowest BCUT2D eigenvalue weighted by Gasteiger charge is -2.19. The molecule has 0 atom stereocenters. The summed E-state index contributed by atoms with van der Waals surface area (Å²) in [5.74, 6) is 0.127. The van der Waals surface area contributed by atoms with Crippen LogP contribution in [0.25, 0.3) is 0 Å². The highest BCUT2D eigenvalue weighted by molar-refractivity contribution is 9.10. The minimum atomic E-state index is -0.738.